The Morgan fingerprint density at radius 1 is 0.458 bits per heavy atom. The average molecular weight is 834 g/mol. The number of ether oxygens (including phenoxy) is 1. The van der Waals surface area contributed by atoms with Gasteiger partial charge in [0.25, 0.3) is 0 Å². The molecule has 3 N–H and O–H groups in total. The minimum atomic E-state index is -0.662. The Labute approximate surface area is 368 Å². The van der Waals surface area contributed by atoms with Gasteiger partial charge in [0, 0.05) is 12.8 Å². The zero-order valence-corrected chi connectivity index (χ0v) is 39.7. The molecular weight excluding hydrogens is 731 g/mol. The molecule has 0 heterocycles. The number of carbonyl (C=O) groups is 2. The fraction of sp³-hybridized carbons (Fsp3) is 0.925. The summed E-state index contributed by atoms with van der Waals surface area (Å²) in [7, 11) is 0. The van der Waals surface area contributed by atoms with Gasteiger partial charge in [-0.3, -0.25) is 9.59 Å². The van der Waals surface area contributed by atoms with Gasteiger partial charge in [0.05, 0.1) is 25.4 Å². The summed E-state index contributed by atoms with van der Waals surface area (Å²) in [4.78, 5) is 24.4. The number of nitrogens with one attached hydrogen (secondary N) is 1. The quantitative estimate of drug-likeness (QED) is 0.0322. The smallest absolute Gasteiger partial charge is 0.305 e. The third-order valence-corrected chi connectivity index (χ3v) is 12.3. The number of aliphatic hydroxyl groups excluding tert-OH is 2. The lowest BCUT2D eigenvalue weighted by Gasteiger charge is -2.22. The molecule has 0 aliphatic rings. The van der Waals surface area contributed by atoms with Crippen molar-refractivity contribution in [1.82, 2.24) is 5.32 Å². The average Bonchev–Trinajstić information content (AvgIpc) is 3.24. The number of unbranched alkanes of at least 4 members (excludes halogenated alkanes) is 36. The molecule has 0 bridgehead atoms. The SMILES string of the molecule is CCCCC/C=C\CCCCCCCC(=O)OCCCCCCCCCCCCCCCCCCCCCCC(=O)NC(CO)C(O)CCCCCCCCCCCC. The van der Waals surface area contributed by atoms with Crippen LogP contribution in [-0.4, -0.2) is 47.4 Å². The summed E-state index contributed by atoms with van der Waals surface area (Å²) in [6, 6.07) is -0.540. The number of amides is 1. The van der Waals surface area contributed by atoms with Crippen LogP contribution in [0, 0.1) is 0 Å². The van der Waals surface area contributed by atoms with Crippen LogP contribution in [0.4, 0.5) is 0 Å². The summed E-state index contributed by atoms with van der Waals surface area (Å²) in [6.07, 6.45) is 56.2. The number of esters is 1. The van der Waals surface area contributed by atoms with Crippen molar-refractivity contribution in [2.45, 2.75) is 302 Å². The van der Waals surface area contributed by atoms with E-state index in [9.17, 15) is 19.8 Å². The first-order chi connectivity index (χ1) is 29.0. The van der Waals surface area contributed by atoms with Crippen LogP contribution in [-0.2, 0) is 14.3 Å². The molecule has 0 spiro atoms. The maximum atomic E-state index is 12.4. The highest BCUT2D eigenvalue weighted by molar-refractivity contribution is 5.76. The lowest BCUT2D eigenvalue weighted by molar-refractivity contribution is -0.143. The van der Waals surface area contributed by atoms with Crippen molar-refractivity contribution in [3.63, 3.8) is 0 Å². The summed E-state index contributed by atoms with van der Waals surface area (Å²) in [6.45, 7) is 4.91. The van der Waals surface area contributed by atoms with E-state index in [1.165, 1.54) is 212 Å². The van der Waals surface area contributed by atoms with Gasteiger partial charge < -0.3 is 20.3 Å². The van der Waals surface area contributed by atoms with E-state index in [0.29, 0.717) is 25.9 Å². The largest absolute Gasteiger partial charge is 0.466 e. The standard InChI is InChI=1S/C53H103NO5/c1-3-5-7-9-11-13-15-27-31-35-39-43-47-53(58)59-48-44-40-36-32-28-25-23-21-19-17-16-18-20-22-24-26-30-34-38-42-46-52(57)54-50(49-55)51(56)45-41-37-33-29-14-12-10-8-6-4-2/h11,13,50-51,55-56H,3-10,12,14-49H2,1-2H3,(H,54,57)/b13-11-. The van der Waals surface area contributed by atoms with Gasteiger partial charge in [-0.15, -0.1) is 0 Å². The molecule has 0 aromatic rings. The van der Waals surface area contributed by atoms with E-state index in [2.05, 4.69) is 31.3 Å². The zero-order valence-electron chi connectivity index (χ0n) is 39.7. The van der Waals surface area contributed by atoms with E-state index < -0.39 is 12.1 Å². The van der Waals surface area contributed by atoms with E-state index >= 15 is 0 Å². The van der Waals surface area contributed by atoms with Gasteiger partial charge in [0.2, 0.25) is 5.91 Å². The van der Waals surface area contributed by atoms with Crippen molar-refractivity contribution in [2.75, 3.05) is 13.2 Å². The first-order valence-corrected chi connectivity index (χ1v) is 26.4. The van der Waals surface area contributed by atoms with Gasteiger partial charge >= 0.3 is 5.97 Å². The number of aliphatic hydroxyl groups is 2. The van der Waals surface area contributed by atoms with Gasteiger partial charge in [0.15, 0.2) is 0 Å². The van der Waals surface area contributed by atoms with Crippen LogP contribution in [0.25, 0.3) is 0 Å². The maximum absolute atomic E-state index is 12.4. The predicted molar refractivity (Wildman–Crippen MR) is 255 cm³/mol. The van der Waals surface area contributed by atoms with Crippen LogP contribution < -0.4 is 5.32 Å². The van der Waals surface area contributed by atoms with E-state index in [1.807, 2.05) is 0 Å². The van der Waals surface area contributed by atoms with E-state index in [0.717, 1.165) is 44.9 Å². The van der Waals surface area contributed by atoms with Crippen molar-refractivity contribution < 1.29 is 24.5 Å². The van der Waals surface area contributed by atoms with E-state index in [1.54, 1.807) is 0 Å². The van der Waals surface area contributed by atoms with Crippen LogP contribution >= 0.6 is 0 Å². The normalized spacial score (nSPS) is 12.7. The molecule has 2 atom stereocenters. The summed E-state index contributed by atoms with van der Waals surface area (Å²) in [5.74, 6) is -0.0377. The lowest BCUT2D eigenvalue weighted by Crippen LogP contribution is -2.45. The second-order valence-corrected chi connectivity index (χ2v) is 18.2. The monoisotopic (exact) mass is 834 g/mol. The maximum Gasteiger partial charge on any atom is 0.305 e. The molecule has 0 rings (SSSR count). The summed E-state index contributed by atoms with van der Waals surface area (Å²) >= 11 is 0. The molecule has 0 fully saturated rings. The molecule has 0 saturated carbocycles. The van der Waals surface area contributed by atoms with Gasteiger partial charge in [-0.1, -0.05) is 238 Å². The molecule has 6 heteroatoms. The van der Waals surface area contributed by atoms with Crippen LogP contribution in [0.15, 0.2) is 12.2 Å². The van der Waals surface area contributed by atoms with Gasteiger partial charge in [-0.05, 0) is 51.4 Å². The fourth-order valence-electron chi connectivity index (χ4n) is 8.22. The summed E-state index contributed by atoms with van der Waals surface area (Å²) in [5.41, 5.74) is 0. The second kappa shape index (κ2) is 49.3. The summed E-state index contributed by atoms with van der Waals surface area (Å²) < 4.78 is 5.46. The van der Waals surface area contributed by atoms with Crippen LogP contribution in [0.1, 0.15) is 290 Å². The fourth-order valence-corrected chi connectivity index (χ4v) is 8.22. The Morgan fingerprint density at radius 2 is 0.797 bits per heavy atom. The Bertz CT molecular complexity index is 878. The molecule has 6 nitrogen and oxygen atoms in total. The summed E-state index contributed by atoms with van der Waals surface area (Å²) in [5, 5.41) is 23.1. The topological polar surface area (TPSA) is 95.9 Å². The molecule has 350 valence electrons. The molecule has 59 heavy (non-hydrogen) atoms. The highest BCUT2D eigenvalue weighted by Gasteiger charge is 2.20. The van der Waals surface area contributed by atoms with E-state index in [4.69, 9.17) is 4.74 Å². The first-order valence-electron chi connectivity index (χ1n) is 26.4. The Kier molecular flexibility index (Phi) is 48.1. The van der Waals surface area contributed by atoms with Crippen molar-refractivity contribution in [2.24, 2.45) is 0 Å². The number of hydrogen-bond donors (Lipinski definition) is 3. The molecule has 0 aliphatic carbocycles. The molecule has 0 saturated heterocycles. The minimum Gasteiger partial charge on any atom is -0.466 e. The first kappa shape index (κ1) is 57.6. The van der Waals surface area contributed by atoms with Crippen LogP contribution in [0.2, 0.25) is 0 Å². The molecule has 0 aromatic heterocycles. The number of allylic oxidation sites excluding steroid dienone is 2. The molecule has 0 radical (unpaired) electrons. The Morgan fingerprint density at radius 3 is 1.24 bits per heavy atom. The third-order valence-electron chi connectivity index (χ3n) is 12.3. The van der Waals surface area contributed by atoms with Crippen LogP contribution in [0.3, 0.4) is 0 Å². The minimum absolute atomic E-state index is 0.000453. The Balaban J connectivity index is 3.37. The van der Waals surface area contributed by atoms with Crippen LogP contribution in [0.5, 0.6) is 0 Å². The predicted octanol–water partition coefficient (Wildman–Crippen LogP) is 15.7. The molecular formula is C53H103NO5. The van der Waals surface area contributed by atoms with Gasteiger partial charge in [0.1, 0.15) is 0 Å². The van der Waals surface area contributed by atoms with Gasteiger partial charge in [-0.25, -0.2) is 0 Å². The number of carbonyl (C=O) groups excluding carboxylic acids is 2. The van der Waals surface area contributed by atoms with Crippen molar-refractivity contribution in [3.05, 3.63) is 12.2 Å². The zero-order chi connectivity index (χ0) is 43.0. The Hall–Kier alpha value is -1.40. The number of rotatable bonds is 49. The highest BCUT2D eigenvalue weighted by atomic mass is 16.5. The second-order valence-electron chi connectivity index (χ2n) is 18.2. The molecule has 2 unspecified atom stereocenters. The van der Waals surface area contributed by atoms with Crippen molar-refractivity contribution >= 4 is 11.9 Å². The van der Waals surface area contributed by atoms with Gasteiger partial charge in [-0.2, -0.15) is 0 Å². The van der Waals surface area contributed by atoms with E-state index in [-0.39, 0.29) is 18.5 Å². The number of hydrogen-bond acceptors (Lipinski definition) is 5. The third kappa shape index (κ3) is 45.9. The molecule has 1 amide bonds. The molecule has 0 aromatic carbocycles. The van der Waals surface area contributed by atoms with Crippen molar-refractivity contribution in [1.29, 1.82) is 0 Å². The highest BCUT2D eigenvalue weighted by Crippen LogP contribution is 2.17. The lowest BCUT2D eigenvalue weighted by atomic mass is 10.0. The molecule has 0 aliphatic heterocycles. The van der Waals surface area contributed by atoms with Crippen molar-refractivity contribution in [3.8, 4) is 0 Å².